The highest BCUT2D eigenvalue weighted by Gasteiger charge is 2.38. The molecule has 6 aromatic rings. The summed E-state index contributed by atoms with van der Waals surface area (Å²) < 4.78 is 12.8. The van der Waals surface area contributed by atoms with Crippen molar-refractivity contribution in [2.24, 2.45) is 0 Å². The highest BCUT2D eigenvalue weighted by molar-refractivity contribution is 5.83. The SMILES string of the molecule is C=C1N(Cc2cc(OCc3ccc4ccccc4c3)cc(OCc3ccc4ccccc4c3)c2)c2ccccc2C1(C)C. The molecule has 3 heteroatoms. The van der Waals surface area contributed by atoms with Gasteiger partial charge in [-0.2, -0.15) is 0 Å². The molecule has 0 radical (unpaired) electrons. The van der Waals surface area contributed by atoms with Gasteiger partial charge in [0.15, 0.2) is 0 Å². The first kappa shape index (κ1) is 26.9. The summed E-state index contributed by atoms with van der Waals surface area (Å²) in [6.07, 6.45) is 0. The first-order chi connectivity index (χ1) is 20.9. The molecule has 0 N–H and O–H groups in total. The number of hydrogen-bond donors (Lipinski definition) is 0. The molecule has 0 bridgehead atoms. The van der Waals surface area contributed by atoms with E-state index in [9.17, 15) is 0 Å². The molecule has 212 valence electrons. The van der Waals surface area contributed by atoms with Crippen molar-refractivity contribution in [2.75, 3.05) is 4.90 Å². The van der Waals surface area contributed by atoms with Crippen molar-refractivity contribution in [1.29, 1.82) is 0 Å². The molecule has 0 spiro atoms. The Hall–Kier alpha value is -5.02. The number of anilines is 1. The van der Waals surface area contributed by atoms with Crippen molar-refractivity contribution in [3.05, 3.63) is 162 Å². The van der Waals surface area contributed by atoms with Gasteiger partial charge in [-0.3, -0.25) is 0 Å². The van der Waals surface area contributed by atoms with E-state index in [0.29, 0.717) is 19.8 Å². The molecule has 0 saturated carbocycles. The second-order valence-electron chi connectivity index (χ2n) is 11.9. The number of benzene rings is 6. The van der Waals surface area contributed by atoms with Gasteiger partial charge >= 0.3 is 0 Å². The van der Waals surface area contributed by atoms with Gasteiger partial charge in [0.25, 0.3) is 0 Å². The van der Waals surface area contributed by atoms with E-state index in [2.05, 4.69) is 147 Å². The molecule has 0 saturated heterocycles. The van der Waals surface area contributed by atoms with Crippen LogP contribution in [-0.4, -0.2) is 0 Å². The molecule has 0 amide bonds. The number of para-hydroxylation sites is 1. The molecule has 6 aromatic carbocycles. The Bertz CT molecular complexity index is 1870. The van der Waals surface area contributed by atoms with Crippen molar-refractivity contribution in [3.8, 4) is 11.5 Å². The molecule has 1 heterocycles. The Balaban J connectivity index is 1.17. The monoisotopic (exact) mass is 561 g/mol. The molecule has 7 rings (SSSR count). The van der Waals surface area contributed by atoms with E-state index < -0.39 is 0 Å². The molecular weight excluding hydrogens is 526 g/mol. The molecule has 0 fully saturated rings. The van der Waals surface area contributed by atoms with Gasteiger partial charge in [-0.1, -0.05) is 111 Å². The van der Waals surface area contributed by atoms with E-state index in [1.807, 2.05) is 6.07 Å². The molecular formula is C40H35NO2. The molecule has 0 atom stereocenters. The molecule has 1 aliphatic heterocycles. The van der Waals surface area contributed by atoms with Gasteiger partial charge < -0.3 is 14.4 Å². The average Bonchev–Trinajstić information content (AvgIpc) is 3.23. The topological polar surface area (TPSA) is 21.7 Å². The summed E-state index contributed by atoms with van der Waals surface area (Å²) in [6, 6.07) is 44.7. The lowest BCUT2D eigenvalue weighted by Gasteiger charge is -2.26. The second-order valence-corrected chi connectivity index (χ2v) is 11.9. The van der Waals surface area contributed by atoms with Gasteiger partial charge in [-0.15, -0.1) is 0 Å². The van der Waals surface area contributed by atoms with Gasteiger partial charge in [-0.05, 0) is 74.1 Å². The summed E-state index contributed by atoms with van der Waals surface area (Å²) >= 11 is 0. The van der Waals surface area contributed by atoms with Crippen molar-refractivity contribution in [1.82, 2.24) is 0 Å². The van der Waals surface area contributed by atoms with Crippen LogP contribution in [0.3, 0.4) is 0 Å². The quantitative estimate of drug-likeness (QED) is 0.185. The first-order valence-electron chi connectivity index (χ1n) is 14.9. The number of nitrogens with zero attached hydrogens (tertiary/aromatic N) is 1. The van der Waals surface area contributed by atoms with Crippen LogP contribution in [0.15, 0.2) is 140 Å². The summed E-state index contributed by atoms with van der Waals surface area (Å²) in [5, 5.41) is 4.88. The van der Waals surface area contributed by atoms with E-state index in [0.717, 1.165) is 33.9 Å². The van der Waals surface area contributed by atoms with Gasteiger partial charge in [-0.25, -0.2) is 0 Å². The Morgan fingerprint density at radius 3 is 1.65 bits per heavy atom. The van der Waals surface area contributed by atoms with Crippen molar-refractivity contribution in [3.63, 3.8) is 0 Å². The van der Waals surface area contributed by atoms with Crippen LogP contribution in [0.25, 0.3) is 21.5 Å². The number of ether oxygens (including phenoxy) is 2. The number of hydrogen-bond acceptors (Lipinski definition) is 3. The maximum absolute atomic E-state index is 6.41. The van der Waals surface area contributed by atoms with Crippen molar-refractivity contribution >= 4 is 27.2 Å². The predicted molar refractivity (Wildman–Crippen MR) is 178 cm³/mol. The van der Waals surface area contributed by atoms with Crippen molar-refractivity contribution < 1.29 is 9.47 Å². The Labute approximate surface area is 253 Å². The first-order valence-corrected chi connectivity index (χ1v) is 14.9. The zero-order valence-electron chi connectivity index (χ0n) is 24.7. The van der Waals surface area contributed by atoms with Crippen molar-refractivity contribution in [2.45, 2.75) is 39.0 Å². The second kappa shape index (κ2) is 11.0. The van der Waals surface area contributed by atoms with Crippen LogP contribution >= 0.6 is 0 Å². The van der Waals surface area contributed by atoms with Gasteiger partial charge in [0.1, 0.15) is 24.7 Å². The third-order valence-corrected chi connectivity index (χ3v) is 8.63. The lowest BCUT2D eigenvalue weighted by molar-refractivity contribution is 0.289. The summed E-state index contributed by atoms with van der Waals surface area (Å²) in [5.74, 6) is 1.58. The minimum atomic E-state index is -0.129. The Morgan fingerprint density at radius 1 is 0.558 bits per heavy atom. The zero-order valence-corrected chi connectivity index (χ0v) is 24.7. The minimum absolute atomic E-state index is 0.129. The molecule has 3 nitrogen and oxygen atoms in total. The fourth-order valence-electron chi connectivity index (χ4n) is 6.12. The minimum Gasteiger partial charge on any atom is -0.489 e. The van der Waals surface area contributed by atoms with Crippen LogP contribution in [0.2, 0.25) is 0 Å². The molecule has 0 unspecified atom stereocenters. The third-order valence-electron chi connectivity index (χ3n) is 8.63. The van der Waals surface area contributed by atoms with E-state index >= 15 is 0 Å². The summed E-state index contributed by atoms with van der Waals surface area (Å²) in [5.41, 5.74) is 6.84. The third kappa shape index (κ3) is 5.35. The molecule has 0 aromatic heterocycles. The summed E-state index contributed by atoms with van der Waals surface area (Å²) in [7, 11) is 0. The molecule has 0 aliphatic carbocycles. The lowest BCUT2D eigenvalue weighted by Crippen LogP contribution is -2.24. The van der Waals surface area contributed by atoms with E-state index in [1.54, 1.807) is 0 Å². The standard InChI is InChI=1S/C40H35NO2/c1-28-40(2,3)38-14-8-9-15-39(38)41(28)25-31-22-36(42-26-29-16-18-32-10-4-6-12-34(32)20-29)24-37(23-31)43-27-30-17-19-33-11-5-7-13-35(33)21-30/h4-24H,1,25-27H2,2-3H3. The number of fused-ring (bicyclic) bond motifs is 3. The summed E-state index contributed by atoms with van der Waals surface area (Å²) in [6.45, 7) is 10.6. The van der Waals surface area contributed by atoms with Crippen LogP contribution in [0.1, 0.15) is 36.1 Å². The average molecular weight is 562 g/mol. The summed E-state index contributed by atoms with van der Waals surface area (Å²) in [4.78, 5) is 2.32. The fourth-order valence-corrected chi connectivity index (χ4v) is 6.12. The van der Waals surface area contributed by atoms with Gasteiger partial charge in [0, 0.05) is 29.4 Å². The van der Waals surface area contributed by atoms with E-state index in [-0.39, 0.29) is 5.41 Å². The van der Waals surface area contributed by atoms with Gasteiger partial charge in [0.2, 0.25) is 0 Å². The van der Waals surface area contributed by atoms with E-state index in [4.69, 9.17) is 9.47 Å². The van der Waals surface area contributed by atoms with Gasteiger partial charge in [0.05, 0.1) is 0 Å². The number of rotatable bonds is 8. The smallest absolute Gasteiger partial charge is 0.123 e. The Kier molecular flexibility index (Phi) is 6.87. The maximum atomic E-state index is 6.41. The zero-order chi connectivity index (χ0) is 29.4. The lowest BCUT2D eigenvalue weighted by atomic mass is 9.84. The fraction of sp³-hybridized carbons (Fsp3) is 0.150. The van der Waals surface area contributed by atoms with Crippen LogP contribution in [-0.2, 0) is 25.2 Å². The highest BCUT2D eigenvalue weighted by atomic mass is 16.5. The molecule has 1 aliphatic rings. The van der Waals surface area contributed by atoms with Crippen LogP contribution < -0.4 is 14.4 Å². The Morgan fingerprint density at radius 2 is 1.07 bits per heavy atom. The van der Waals surface area contributed by atoms with Crippen LogP contribution in [0.5, 0.6) is 11.5 Å². The van der Waals surface area contributed by atoms with Crippen LogP contribution in [0.4, 0.5) is 5.69 Å². The highest BCUT2D eigenvalue weighted by Crippen LogP contribution is 2.47. The predicted octanol–water partition coefficient (Wildman–Crippen LogP) is 9.96. The normalized spacial score (nSPS) is 13.8. The number of allylic oxidation sites excluding steroid dienone is 1. The van der Waals surface area contributed by atoms with E-state index in [1.165, 1.54) is 32.8 Å². The largest absolute Gasteiger partial charge is 0.489 e. The maximum Gasteiger partial charge on any atom is 0.123 e. The molecule has 43 heavy (non-hydrogen) atoms. The van der Waals surface area contributed by atoms with Crippen LogP contribution in [0, 0.1) is 0 Å².